The number of benzene rings is 1. The summed E-state index contributed by atoms with van der Waals surface area (Å²) in [6.07, 6.45) is 1.48. The van der Waals surface area contributed by atoms with Crippen LogP contribution in [0.2, 0.25) is 0 Å². The quantitative estimate of drug-likeness (QED) is 0.788. The molecular weight excluding hydrogens is 340 g/mol. The SMILES string of the molecule is CCOC(=O)c1nn(-c2ccc(Br)c(OC)c2)ccc1=O. The van der Waals surface area contributed by atoms with Crippen molar-refractivity contribution in [3.63, 3.8) is 0 Å². The van der Waals surface area contributed by atoms with E-state index in [2.05, 4.69) is 21.0 Å². The maximum absolute atomic E-state index is 11.7. The molecule has 2 aromatic rings. The second kappa shape index (κ2) is 6.53. The van der Waals surface area contributed by atoms with E-state index in [4.69, 9.17) is 9.47 Å². The topological polar surface area (TPSA) is 70.4 Å². The van der Waals surface area contributed by atoms with Gasteiger partial charge in [0.25, 0.3) is 0 Å². The average Bonchev–Trinajstić information content (AvgIpc) is 2.48. The van der Waals surface area contributed by atoms with E-state index >= 15 is 0 Å². The molecule has 7 heteroatoms. The van der Waals surface area contributed by atoms with Crippen molar-refractivity contribution in [3.05, 3.63) is 50.9 Å². The van der Waals surface area contributed by atoms with Crippen LogP contribution < -0.4 is 10.2 Å². The molecule has 0 bridgehead atoms. The molecule has 1 aromatic carbocycles. The van der Waals surface area contributed by atoms with Gasteiger partial charge in [0.15, 0.2) is 0 Å². The minimum Gasteiger partial charge on any atom is -0.495 e. The van der Waals surface area contributed by atoms with Gasteiger partial charge in [0.2, 0.25) is 11.1 Å². The summed E-state index contributed by atoms with van der Waals surface area (Å²) in [7, 11) is 1.55. The van der Waals surface area contributed by atoms with Gasteiger partial charge in [0.05, 0.1) is 23.9 Å². The van der Waals surface area contributed by atoms with Gasteiger partial charge in [-0.3, -0.25) is 4.79 Å². The molecule has 0 aliphatic heterocycles. The molecule has 0 spiro atoms. The molecule has 0 radical (unpaired) electrons. The summed E-state index contributed by atoms with van der Waals surface area (Å²) < 4.78 is 12.2. The van der Waals surface area contributed by atoms with Crippen LogP contribution in [0, 0.1) is 0 Å². The molecule has 0 atom stereocenters. The summed E-state index contributed by atoms with van der Waals surface area (Å²) in [6, 6.07) is 6.57. The Kier molecular flexibility index (Phi) is 4.74. The molecule has 0 unspecified atom stereocenters. The average molecular weight is 353 g/mol. The van der Waals surface area contributed by atoms with Crippen LogP contribution >= 0.6 is 15.9 Å². The van der Waals surface area contributed by atoms with E-state index in [-0.39, 0.29) is 12.3 Å². The van der Waals surface area contributed by atoms with Gasteiger partial charge in [-0.1, -0.05) is 0 Å². The van der Waals surface area contributed by atoms with Gasteiger partial charge >= 0.3 is 5.97 Å². The fourth-order valence-corrected chi connectivity index (χ4v) is 2.09. The molecule has 1 aromatic heterocycles. The van der Waals surface area contributed by atoms with Gasteiger partial charge in [0.1, 0.15) is 5.75 Å². The van der Waals surface area contributed by atoms with Crippen molar-refractivity contribution in [2.75, 3.05) is 13.7 Å². The van der Waals surface area contributed by atoms with Crippen molar-refractivity contribution in [1.82, 2.24) is 9.78 Å². The molecule has 0 saturated heterocycles. The van der Waals surface area contributed by atoms with Crippen LogP contribution in [0.25, 0.3) is 5.69 Å². The summed E-state index contributed by atoms with van der Waals surface area (Å²) in [5.74, 6) is -0.119. The molecule has 110 valence electrons. The van der Waals surface area contributed by atoms with Crippen LogP contribution in [0.4, 0.5) is 0 Å². The van der Waals surface area contributed by atoms with Gasteiger partial charge in [0, 0.05) is 18.3 Å². The molecule has 21 heavy (non-hydrogen) atoms. The van der Waals surface area contributed by atoms with E-state index in [1.54, 1.807) is 32.2 Å². The highest BCUT2D eigenvalue weighted by Crippen LogP contribution is 2.26. The number of hydrogen-bond acceptors (Lipinski definition) is 5. The van der Waals surface area contributed by atoms with Crippen molar-refractivity contribution in [1.29, 1.82) is 0 Å². The van der Waals surface area contributed by atoms with Crippen LogP contribution in [-0.4, -0.2) is 29.5 Å². The second-order valence-electron chi connectivity index (χ2n) is 4.01. The maximum Gasteiger partial charge on any atom is 0.362 e. The van der Waals surface area contributed by atoms with Crippen LogP contribution in [0.1, 0.15) is 17.4 Å². The third-order valence-corrected chi connectivity index (χ3v) is 3.33. The fraction of sp³-hybridized carbons (Fsp3) is 0.214. The molecule has 0 N–H and O–H groups in total. The maximum atomic E-state index is 11.7. The van der Waals surface area contributed by atoms with Crippen molar-refractivity contribution in [3.8, 4) is 11.4 Å². The lowest BCUT2D eigenvalue weighted by Gasteiger charge is -2.09. The van der Waals surface area contributed by atoms with Gasteiger partial charge in [-0.15, -0.1) is 0 Å². The number of aromatic nitrogens is 2. The smallest absolute Gasteiger partial charge is 0.362 e. The Balaban J connectivity index is 2.48. The molecule has 1 heterocycles. The molecule has 0 aliphatic carbocycles. The predicted molar refractivity (Wildman–Crippen MR) is 80.0 cm³/mol. The Bertz CT molecular complexity index is 727. The third kappa shape index (κ3) is 3.30. The number of methoxy groups -OCH3 is 1. The van der Waals surface area contributed by atoms with Crippen LogP contribution in [0.3, 0.4) is 0 Å². The van der Waals surface area contributed by atoms with E-state index in [0.29, 0.717) is 11.4 Å². The van der Waals surface area contributed by atoms with Crippen LogP contribution in [0.15, 0.2) is 39.7 Å². The largest absolute Gasteiger partial charge is 0.495 e. The van der Waals surface area contributed by atoms with Crippen LogP contribution in [0.5, 0.6) is 5.75 Å². The zero-order valence-corrected chi connectivity index (χ0v) is 13.1. The van der Waals surface area contributed by atoms with Crippen molar-refractivity contribution >= 4 is 21.9 Å². The van der Waals surface area contributed by atoms with E-state index < -0.39 is 11.4 Å². The van der Waals surface area contributed by atoms with Crippen molar-refractivity contribution in [2.45, 2.75) is 6.92 Å². The first-order valence-corrected chi connectivity index (χ1v) is 6.97. The highest BCUT2D eigenvalue weighted by atomic mass is 79.9. The van der Waals surface area contributed by atoms with E-state index in [1.165, 1.54) is 16.9 Å². The van der Waals surface area contributed by atoms with Gasteiger partial charge in [-0.2, -0.15) is 5.10 Å². The first kappa shape index (κ1) is 15.2. The summed E-state index contributed by atoms with van der Waals surface area (Å²) in [5, 5.41) is 4.02. The minimum atomic E-state index is -0.735. The fourth-order valence-electron chi connectivity index (χ4n) is 1.68. The number of ether oxygens (including phenoxy) is 2. The Hall–Kier alpha value is -2.15. The summed E-state index contributed by atoms with van der Waals surface area (Å²) in [6.45, 7) is 1.85. The van der Waals surface area contributed by atoms with E-state index in [1.807, 2.05) is 0 Å². The van der Waals surface area contributed by atoms with Gasteiger partial charge < -0.3 is 9.47 Å². The van der Waals surface area contributed by atoms with Gasteiger partial charge in [-0.25, -0.2) is 9.48 Å². The molecule has 0 fully saturated rings. The lowest BCUT2D eigenvalue weighted by atomic mass is 10.3. The van der Waals surface area contributed by atoms with Crippen LogP contribution in [-0.2, 0) is 4.74 Å². The molecule has 6 nitrogen and oxygen atoms in total. The summed E-state index contributed by atoms with van der Waals surface area (Å²) >= 11 is 3.35. The lowest BCUT2D eigenvalue weighted by molar-refractivity contribution is 0.0515. The molecule has 0 amide bonds. The zero-order chi connectivity index (χ0) is 15.4. The molecule has 2 rings (SSSR count). The predicted octanol–water partition coefficient (Wildman–Crippen LogP) is 2.18. The monoisotopic (exact) mass is 352 g/mol. The Morgan fingerprint density at radius 1 is 1.38 bits per heavy atom. The van der Waals surface area contributed by atoms with E-state index in [9.17, 15) is 9.59 Å². The minimum absolute atomic E-state index is 0.182. The summed E-state index contributed by atoms with van der Waals surface area (Å²) in [4.78, 5) is 23.4. The Morgan fingerprint density at radius 3 is 2.81 bits per heavy atom. The number of esters is 1. The molecular formula is C14H13BrN2O4. The van der Waals surface area contributed by atoms with Crippen molar-refractivity contribution in [2.24, 2.45) is 0 Å². The number of carbonyl (C=O) groups is 1. The van der Waals surface area contributed by atoms with E-state index in [0.717, 1.165) is 4.47 Å². The standard InChI is InChI=1S/C14H13BrN2O4/c1-3-21-14(19)13-11(18)6-7-17(16-13)9-4-5-10(15)12(8-9)20-2/h4-8H,3H2,1-2H3. The number of carbonyl (C=O) groups excluding carboxylic acids is 1. The molecule has 0 saturated carbocycles. The Labute approximate surface area is 129 Å². The zero-order valence-electron chi connectivity index (χ0n) is 11.5. The normalized spacial score (nSPS) is 10.2. The highest BCUT2D eigenvalue weighted by Gasteiger charge is 2.14. The first-order valence-electron chi connectivity index (χ1n) is 6.17. The number of halogens is 1. The first-order chi connectivity index (χ1) is 10.1. The molecule has 0 aliphatic rings. The Morgan fingerprint density at radius 2 is 2.14 bits per heavy atom. The second-order valence-corrected chi connectivity index (χ2v) is 4.87. The number of rotatable bonds is 4. The highest BCUT2D eigenvalue weighted by molar-refractivity contribution is 9.10. The third-order valence-electron chi connectivity index (χ3n) is 2.68. The summed E-state index contributed by atoms with van der Waals surface area (Å²) in [5.41, 5.74) is -0.0735. The lowest BCUT2D eigenvalue weighted by Crippen LogP contribution is -2.22. The number of hydrogen-bond donors (Lipinski definition) is 0. The van der Waals surface area contributed by atoms with Crippen molar-refractivity contribution < 1.29 is 14.3 Å². The van der Waals surface area contributed by atoms with Gasteiger partial charge in [-0.05, 0) is 35.0 Å². The number of nitrogens with zero attached hydrogens (tertiary/aromatic N) is 2.